The maximum Gasteiger partial charge on any atom is 0.184 e. The summed E-state index contributed by atoms with van der Waals surface area (Å²) in [6, 6.07) is 17.8. The monoisotopic (exact) mass is 330 g/mol. The van der Waals surface area contributed by atoms with Crippen molar-refractivity contribution in [1.82, 2.24) is 0 Å². The Morgan fingerprint density at radius 3 is 2.43 bits per heavy atom. The van der Waals surface area contributed by atoms with Crippen molar-refractivity contribution < 1.29 is 13.7 Å². The summed E-state index contributed by atoms with van der Waals surface area (Å²) < 4.78 is 24.5. The van der Waals surface area contributed by atoms with E-state index in [0.29, 0.717) is 5.75 Å². The third-order valence-electron chi connectivity index (χ3n) is 3.96. The standard InChI is InChI=1S/C19H22O3S/c1-14-8-10-18(11-9-14)23(20)13-17-12-15(2)21-19(22-17)16-6-4-3-5-7-16/h3-11,15,17,19H,12-13H2,1-2H3/t15-,17-,19-,23?/m1/s1. The number of aryl methyl sites for hydroxylation is 1. The van der Waals surface area contributed by atoms with Gasteiger partial charge in [0.25, 0.3) is 0 Å². The van der Waals surface area contributed by atoms with Crippen LogP contribution < -0.4 is 0 Å². The molecule has 2 aromatic rings. The fourth-order valence-electron chi connectivity index (χ4n) is 2.73. The molecule has 0 spiro atoms. The van der Waals surface area contributed by atoms with Crippen LogP contribution in [0.4, 0.5) is 0 Å². The number of rotatable bonds is 4. The zero-order valence-electron chi connectivity index (χ0n) is 13.5. The third-order valence-corrected chi connectivity index (χ3v) is 5.43. The highest BCUT2D eigenvalue weighted by Gasteiger charge is 2.30. The Bertz CT molecular complexity index is 654. The van der Waals surface area contributed by atoms with Crippen molar-refractivity contribution in [2.24, 2.45) is 0 Å². The molecule has 1 aliphatic heterocycles. The zero-order valence-corrected chi connectivity index (χ0v) is 14.3. The number of hydrogen-bond donors (Lipinski definition) is 0. The summed E-state index contributed by atoms with van der Waals surface area (Å²) in [6.07, 6.45) is 0.418. The lowest BCUT2D eigenvalue weighted by atomic mass is 10.1. The molecule has 4 heteroatoms. The molecular weight excluding hydrogens is 308 g/mol. The van der Waals surface area contributed by atoms with Crippen LogP contribution in [0.1, 0.15) is 30.8 Å². The second kappa shape index (κ2) is 7.39. The Labute approximate surface area is 140 Å². The van der Waals surface area contributed by atoms with Crippen LogP contribution in [0.5, 0.6) is 0 Å². The van der Waals surface area contributed by atoms with Crippen LogP contribution in [0, 0.1) is 6.92 Å². The van der Waals surface area contributed by atoms with Crippen molar-refractivity contribution >= 4 is 10.8 Å². The van der Waals surface area contributed by atoms with Gasteiger partial charge in [-0.3, -0.25) is 4.21 Å². The molecule has 3 nitrogen and oxygen atoms in total. The van der Waals surface area contributed by atoms with Gasteiger partial charge in [0.2, 0.25) is 0 Å². The molecule has 4 atom stereocenters. The van der Waals surface area contributed by atoms with Gasteiger partial charge in [-0.25, -0.2) is 0 Å². The van der Waals surface area contributed by atoms with Gasteiger partial charge in [0.15, 0.2) is 6.29 Å². The van der Waals surface area contributed by atoms with Crippen molar-refractivity contribution in [3.05, 3.63) is 65.7 Å². The van der Waals surface area contributed by atoms with Gasteiger partial charge in [-0.2, -0.15) is 0 Å². The summed E-state index contributed by atoms with van der Waals surface area (Å²) in [6.45, 7) is 4.07. The maximum atomic E-state index is 12.6. The molecule has 0 radical (unpaired) electrons. The Balaban J connectivity index is 1.67. The van der Waals surface area contributed by atoms with E-state index in [4.69, 9.17) is 9.47 Å². The Kier molecular flexibility index (Phi) is 5.26. The Morgan fingerprint density at radius 1 is 1.04 bits per heavy atom. The molecule has 1 aliphatic rings. The van der Waals surface area contributed by atoms with E-state index in [1.807, 2.05) is 68.4 Å². The third kappa shape index (κ3) is 4.28. The molecular formula is C19H22O3S. The van der Waals surface area contributed by atoms with Gasteiger partial charge in [0, 0.05) is 16.9 Å². The van der Waals surface area contributed by atoms with Crippen molar-refractivity contribution in [3.8, 4) is 0 Å². The molecule has 0 aliphatic carbocycles. The van der Waals surface area contributed by atoms with Gasteiger partial charge < -0.3 is 9.47 Å². The predicted molar refractivity (Wildman–Crippen MR) is 91.7 cm³/mol. The van der Waals surface area contributed by atoms with Crippen molar-refractivity contribution in [2.45, 2.75) is 43.7 Å². The quantitative estimate of drug-likeness (QED) is 0.850. The van der Waals surface area contributed by atoms with E-state index in [1.165, 1.54) is 5.56 Å². The number of benzene rings is 2. The molecule has 0 bridgehead atoms. The molecule has 1 unspecified atom stereocenters. The molecule has 0 N–H and O–H groups in total. The SMILES string of the molecule is Cc1ccc(S(=O)C[C@H]2C[C@@H](C)O[C@@H](c3ccccc3)O2)cc1. The van der Waals surface area contributed by atoms with Crippen molar-refractivity contribution in [2.75, 3.05) is 5.75 Å². The predicted octanol–water partition coefficient (Wildman–Crippen LogP) is 4.00. The first kappa shape index (κ1) is 16.4. The van der Waals surface area contributed by atoms with Gasteiger partial charge >= 0.3 is 0 Å². The summed E-state index contributed by atoms with van der Waals surface area (Å²) in [5.41, 5.74) is 2.18. The first-order valence-corrected chi connectivity index (χ1v) is 9.24. The summed E-state index contributed by atoms with van der Waals surface area (Å²) >= 11 is 0. The lowest BCUT2D eigenvalue weighted by Gasteiger charge is -2.34. The summed E-state index contributed by atoms with van der Waals surface area (Å²) in [4.78, 5) is 0.856. The maximum absolute atomic E-state index is 12.6. The minimum Gasteiger partial charge on any atom is -0.345 e. The fourth-order valence-corrected chi connectivity index (χ4v) is 3.91. The van der Waals surface area contributed by atoms with Crippen LogP contribution in [0.25, 0.3) is 0 Å². The average Bonchev–Trinajstić information content (AvgIpc) is 2.55. The van der Waals surface area contributed by atoms with Crippen LogP contribution in [-0.2, 0) is 20.3 Å². The van der Waals surface area contributed by atoms with E-state index >= 15 is 0 Å². The molecule has 0 aromatic heterocycles. The molecule has 1 heterocycles. The largest absolute Gasteiger partial charge is 0.345 e. The van der Waals surface area contributed by atoms with E-state index in [9.17, 15) is 4.21 Å². The average molecular weight is 330 g/mol. The number of ether oxygens (including phenoxy) is 2. The minimum atomic E-state index is -1.06. The van der Waals surface area contributed by atoms with Crippen LogP contribution in [0.3, 0.4) is 0 Å². The van der Waals surface area contributed by atoms with Crippen LogP contribution in [0.15, 0.2) is 59.5 Å². The van der Waals surface area contributed by atoms with Crippen LogP contribution in [0.2, 0.25) is 0 Å². The van der Waals surface area contributed by atoms with E-state index in [2.05, 4.69) is 0 Å². The van der Waals surface area contributed by atoms with E-state index in [-0.39, 0.29) is 18.5 Å². The van der Waals surface area contributed by atoms with Gasteiger partial charge in [0.1, 0.15) is 0 Å². The topological polar surface area (TPSA) is 35.5 Å². The van der Waals surface area contributed by atoms with E-state index in [1.54, 1.807) is 0 Å². The van der Waals surface area contributed by atoms with E-state index < -0.39 is 10.8 Å². The molecule has 0 saturated carbocycles. The van der Waals surface area contributed by atoms with Crippen LogP contribution in [-0.4, -0.2) is 22.2 Å². The smallest absolute Gasteiger partial charge is 0.184 e. The zero-order chi connectivity index (χ0) is 16.2. The molecule has 1 fully saturated rings. The molecule has 3 rings (SSSR count). The summed E-state index contributed by atoms with van der Waals surface area (Å²) in [5, 5.41) is 0. The highest BCUT2D eigenvalue weighted by Crippen LogP contribution is 2.30. The highest BCUT2D eigenvalue weighted by atomic mass is 32.2. The van der Waals surface area contributed by atoms with Crippen LogP contribution >= 0.6 is 0 Å². The Morgan fingerprint density at radius 2 is 1.74 bits per heavy atom. The van der Waals surface area contributed by atoms with Gasteiger partial charge in [-0.05, 0) is 26.0 Å². The van der Waals surface area contributed by atoms with Crippen molar-refractivity contribution in [3.63, 3.8) is 0 Å². The second-order valence-corrected chi connectivity index (χ2v) is 7.50. The van der Waals surface area contributed by atoms with Gasteiger partial charge in [0.05, 0.1) is 28.8 Å². The first-order chi connectivity index (χ1) is 11.1. The van der Waals surface area contributed by atoms with Gasteiger partial charge in [-0.1, -0.05) is 48.0 Å². The van der Waals surface area contributed by atoms with Gasteiger partial charge in [-0.15, -0.1) is 0 Å². The first-order valence-electron chi connectivity index (χ1n) is 7.93. The summed E-state index contributed by atoms with van der Waals surface area (Å²) in [7, 11) is -1.06. The molecule has 1 saturated heterocycles. The molecule has 0 amide bonds. The lowest BCUT2D eigenvalue weighted by Crippen LogP contribution is -2.35. The molecule has 2 aromatic carbocycles. The second-order valence-electron chi connectivity index (χ2n) is 6.01. The normalized spacial score (nSPS) is 25.9. The Hall–Kier alpha value is -1.49. The van der Waals surface area contributed by atoms with E-state index in [0.717, 1.165) is 16.9 Å². The fraction of sp³-hybridized carbons (Fsp3) is 0.368. The molecule has 122 valence electrons. The lowest BCUT2D eigenvalue weighted by molar-refractivity contribution is -0.238. The summed E-state index contributed by atoms with van der Waals surface area (Å²) in [5.74, 6) is 0.500. The minimum absolute atomic E-state index is 0.0638. The van der Waals surface area contributed by atoms with Crippen molar-refractivity contribution in [1.29, 1.82) is 0 Å². The number of hydrogen-bond acceptors (Lipinski definition) is 3. The highest BCUT2D eigenvalue weighted by molar-refractivity contribution is 7.85. The molecule has 23 heavy (non-hydrogen) atoms.